The number of carbonyl (C=O) groups excluding carboxylic acids is 1. The standard InChI is InChI=1S/C31H39BrClN3O2Si/c1-20-18-27(34-28-19-36(15-14-22(20)28)16-17-38-39(6,7)31(3,4)5)30(37)35-26-13-9-10-23(21(26)2)24-11-8-12-25(32)29(24)33/h8-13,18H,14-17,19H2,1-7H3,(H,35,37). The van der Waals surface area contributed by atoms with Gasteiger partial charge in [-0.3, -0.25) is 9.69 Å². The number of rotatable bonds is 7. The van der Waals surface area contributed by atoms with E-state index in [0.29, 0.717) is 10.7 Å². The van der Waals surface area contributed by atoms with Crippen LogP contribution in [0.1, 0.15) is 53.6 Å². The number of fused-ring (bicyclic) bond motifs is 1. The Morgan fingerprint density at radius 3 is 2.56 bits per heavy atom. The Hall–Kier alpha value is -2.03. The number of nitrogens with zero attached hydrogens (tertiary/aromatic N) is 2. The van der Waals surface area contributed by atoms with Gasteiger partial charge in [0.1, 0.15) is 5.69 Å². The molecule has 0 radical (unpaired) electrons. The molecule has 1 aliphatic rings. The van der Waals surface area contributed by atoms with Crippen molar-refractivity contribution in [3.05, 3.63) is 80.0 Å². The lowest BCUT2D eigenvalue weighted by atomic mass is 9.98. The average molecular weight is 629 g/mol. The summed E-state index contributed by atoms with van der Waals surface area (Å²) in [5.41, 5.74) is 7.40. The highest BCUT2D eigenvalue weighted by atomic mass is 79.9. The van der Waals surface area contributed by atoms with Gasteiger partial charge in [-0.05, 0) is 94.8 Å². The molecule has 4 rings (SSSR count). The van der Waals surface area contributed by atoms with Crippen molar-refractivity contribution >= 4 is 47.4 Å². The Bertz CT molecular complexity index is 1390. The van der Waals surface area contributed by atoms with Gasteiger partial charge in [-0.1, -0.05) is 56.6 Å². The second kappa shape index (κ2) is 11.8. The first-order valence-electron chi connectivity index (χ1n) is 13.5. The topological polar surface area (TPSA) is 54.5 Å². The van der Waals surface area contributed by atoms with E-state index in [1.54, 1.807) is 0 Å². The van der Waals surface area contributed by atoms with Crippen LogP contribution in [0.25, 0.3) is 11.1 Å². The summed E-state index contributed by atoms with van der Waals surface area (Å²) in [5, 5.41) is 3.94. The quantitative estimate of drug-likeness (QED) is 0.267. The summed E-state index contributed by atoms with van der Waals surface area (Å²) >= 11 is 10.1. The number of amides is 1. The fourth-order valence-corrected chi connectivity index (χ4v) is 6.34. The Kier molecular flexibility index (Phi) is 9.08. The number of hydrogen-bond donors (Lipinski definition) is 1. The predicted molar refractivity (Wildman–Crippen MR) is 168 cm³/mol. The fourth-order valence-electron chi connectivity index (χ4n) is 4.71. The lowest BCUT2D eigenvalue weighted by Crippen LogP contribution is -2.43. The van der Waals surface area contributed by atoms with Crippen LogP contribution >= 0.6 is 27.5 Å². The summed E-state index contributed by atoms with van der Waals surface area (Å²) in [4.78, 5) is 20.6. The maximum Gasteiger partial charge on any atom is 0.274 e. The largest absolute Gasteiger partial charge is 0.416 e. The molecule has 0 bridgehead atoms. The van der Waals surface area contributed by atoms with Crippen molar-refractivity contribution in [3.63, 3.8) is 0 Å². The summed E-state index contributed by atoms with van der Waals surface area (Å²) in [6.07, 6.45) is 0.935. The average Bonchev–Trinajstić information content (AvgIpc) is 2.86. The summed E-state index contributed by atoms with van der Waals surface area (Å²) in [7, 11) is -1.77. The normalized spacial score (nSPS) is 14.3. The van der Waals surface area contributed by atoms with Gasteiger partial charge in [0.25, 0.3) is 5.91 Å². The van der Waals surface area contributed by atoms with Gasteiger partial charge in [-0.15, -0.1) is 0 Å². The van der Waals surface area contributed by atoms with Gasteiger partial charge in [-0.25, -0.2) is 4.98 Å². The molecule has 3 aromatic rings. The zero-order chi connectivity index (χ0) is 28.5. The first-order chi connectivity index (χ1) is 18.3. The third kappa shape index (κ3) is 6.65. The molecule has 0 unspecified atom stereocenters. The molecule has 0 aliphatic carbocycles. The van der Waals surface area contributed by atoms with Crippen LogP contribution in [0.4, 0.5) is 5.69 Å². The van der Waals surface area contributed by atoms with Crippen LogP contribution < -0.4 is 5.32 Å². The molecule has 0 saturated heterocycles. The smallest absolute Gasteiger partial charge is 0.274 e. The third-order valence-corrected chi connectivity index (χ3v) is 14.1. The van der Waals surface area contributed by atoms with Crippen molar-refractivity contribution in [2.45, 2.75) is 65.7 Å². The van der Waals surface area contributed by atoms with E-state index in [1.165, 1.54) is 5.56 Å². The van der Waals surface area contributed by atoms with E-state index in [9.17, 15) is 4.79 Å². The molecule has 0 atom stereocenters. The number of benzene rings is 2. The van der Waals surface area contributed by atoms with Gasteiger partial charge in [-0.2, -0.15) is 0 Å². The van der Waals surface area contributed by atoms with E-state index in [0.717, 1.165) is 70.8 Å². The van der Waals surface area contributed by atoms with Crippen LogP contribution in [-0.2, 0) is 17.4 Å². The Labute approximate surface area is 247 Å². The van der Waals surface area contributed by atoms with Gasteiger partial charge in [0.05, 0.1) is 10.7 Å². The van der Waals surface area contributed by atoms with Crippen molar-refractivity contribution < 1.29 is 9.22 Å². The number of aromatic nitrogens is 1. The molecule has 1 N–H and O–H groups in total. The van der Waals surface area contributed by atoms with Crippen LogP contribution in [0.2, 0.25) is 23.2 Å². The lowest BCUT2D eigenvalue weighted by Gasteiger charge is -2.37. The molecule has 5 nitrogen and oxygen atoms in total. The highest BCUT2D eigenvalue weighted by Gasteiger charge is 2.37. The van der Waals surface area contributed by atoms with E-state index in [2.05, 4.69) is 66.9 Å². The van der Waals surface area contributed by atoms with Crippen molar-refractivity contribution in [2.24, 2.45) is 0 Å². The molecule has 2 heterocycles. The SMILES string of the molecule is Cc1cc(C(=O)Nc2cccc(-c3cccc(Br)c3Cl)c2C)nc2c1CCN(CCO[Si](C)(C)C(C)(C)C)C2. The zero-order valence-corrected chi connectivity index (χ0v) is 27.4. The van der Waals surface area contributed by atoms with Crippen molar-refractivity contribution in [1.82, 2.24) is 9.88 Å². The molecule has 0 fully saturated rings. The van der Waals surface area contributed by atoms with Crippen LogP contribution in [0.15, 0.2) is 46.9 Å². The minimum Gasteiger partial charge on any atom is -0.416 e. The van der Waals surface area contributed by atoms with E-state index >= 15 is 0 Å². The van der Waals surface area contributed by atoms with Crippen molar-refractivity contribution in [3.8, 4) is 11.1 Å². The first kappa shape index (κ1) is 29.9. The number of pyridine rings is 1. The second-order valence-corrected chi connectivity index (χ2v) is 18.0. The Morgan fingerprint density at radius 1 is 1.15 bits per heavy atom. The number of anilines is 1. The monoisotopic (exact) mass is 627 g/mol. The van der Waals surface area contributed by atoms with Crippen molar-refractivity contribution in [2.75, 3.05) is 25.0 Å². The Morgan fingerprint density at radius 2 is 1.85 bits per heavy atom. The first-order valence-corrected chi connectivity index (χ1v) is 17.6. The summed E-state index contributed by atoms with van der Waals surface area (Å²) in [6.45, 7) is 18.8. The number of nitrogens with one attached hydrogen (secondary N) is 1. The molecule has 0 spiro atoms. The highest BCUT2D eigenvalue weighted by Crippen LogP contribution is 2.38. The minimum absolute atomic E-state index is 0.199. The molecular formula is C31H39BrClN3O2Si. The molecule has 39 heavy (non-hydrogen) atoms. The maximum absolute atomic E-state index is 13.4. The number of halogens is 2. The lowest BCUT2D eigenvalue weighted by molar-refractivity contribution is 0.102. The Balaban J connectivity index is 1.49. The molecule has 8 heteroatoms. The van der Waals surface area contributed by atoms with E-state index < -0.39 is 8.32 Å². The summed E-state index contributed by atoms with van der Waals surface area (Å²) < 4.78 is 7.24. The number of aryl methyl sites for hydroxylation is 1. The highest BCUT2D eigenvalue weighted by molar-refractivity contribution is 9.10. The molecule has 208 valence electrons. The van der Waals surface area contributed by atoms with Gasteiger partial charge >= 0.3 is 0 Å². The molecule has 0 saturated carbocycles. The molecule has 1 aromatic heterocycles. The van der Waals surface area contributed by atoms with E-state index in [1.807, 2.05) is 49.4 Å². The summed E-state index contributed by atoms with van der Waals surface area (Å²) in [6, 6.07) is 13.6. The minimum atomic E-state index is -1.77. The fraction of sp³-hybridized carbons (Fsp3) is 0.419. The summed E-state index contributed by atoms with van der Waals surface area (Å²) in [5.74, 6) is -0.208. The molecule has 1 amide bonds. The molecular weight excluding hydrogens is 590 g/mol. The van der Waals surface area contributed by atoms with Crippen LogP contribution in [-0.4, -0.2) is 43.8 Å². The van der Waals surface area contributed by atoms with Crippen LogP contribution in [0, 0.1) is 13.8 Å². The van der Waals surface area contributed by atoms with Gasteiger partial charge in [0.2, 0.25) is 0 Å². The van der Waals surface area contributed by atoms with Gasteiger partial charge in [0.15, 0.2) is 8.32 Å². The predicted octanol–water partition coefficient (Wildman–Crippen LogP) is 8.41. The second-order valence-electron chi connectivity index (χ2n) is 11.9. The molecule has 2 aromatic carbocycles. The van der Waals surface area contributed by atoms with Crippen LogP contribution in [0.3, 0.4) is 0 Å². The van der Waals surface area contributed by atoms with E-state index in [-0.39, 0.29) is 10.9 Å². The number of carbonyl (C=O) groups is 1. The van der Waals surface area contributed by atoms with Gasteiger partial charge < -0.3 is 9.74 Å². The third-order valence-electron chi connectivity index (χ3n) is 8.22. The molecule has 1 aliphatic heterocycles. The number of hydrogen-bond acceptors (Lipinski definition) is 4. The zero-order valence-electron chi connectivity index (χ0n) is 24.0. The maximum atomic E-state index is 13.4. The van der Waals surface area contributed by atoms with Crippen molar-refractivity contribution in [1.29, 1.82) is 0 Å². The van der Waals surface area contributed by atoms with Gasteiger partial charge in [0, 0.05) is 42.0 Å². The van der Waals surface area contributed by atoms with E-state index in [4.69, 9.17) is 21.0 Å². The van der Waals surface area contributed by atoms with Crippen LogP contribution in [0.5, 0.6) is 0 Å².